The highest BCUT2D eigenvalue weighted by atomic mass is 16.5. The number of benzene rings is 1. The van der Waals surface area contributed by atoms with Crippen molar-refractivity contribution in [2.24, 2.45) is 0 Å². The molecular weight excluding hydrogens is 268 g/mol. The Morgan fingerprint density at radius 2 is 2.24 bits per heavy atom. The van der Waals surface area contributed by atoms with Gasteiger partial charge in [0.15, 0.2) is 0 Å². The van der Waals surface area contributed by atoms with Crippen molar-refractivity contribution < 1.29 is 19.4 Å². The Hall–Kier alpha value is -2.25. The number of ether oxygens (including phenoxy) is 2. The maximum Gasteiger partial charge on any atom is 0.338 e. The van der Waals surface area contributed by atoms with E-state index in [1.54, 1.807) is 30.3 Å². The van der Waals surface area contributed by atoms with Gasteiger partial charge in [0.2, 0.25) is 0 Å². The molecule has 1 aliphatic rings. The Labute approximate surface area is 124 Å². The molecule has 1 unspecified atom stereocenters. The van der Waals surface area contributed by atoms with Crippen molar-refractivity contribution >= 4 is 5.97 Å². The standard InChI is InChI=1S/C17H18O4/c1-2-9-17(19)10-12-20-15(13-17)8-11-21-16(18)14-6-4-3-5-7-14/h1,3-7,10,12,15,19H,8-9,11,13H2/t15-,17?/m0/s1. The van der Waals surface area contributed by atoms with Gasteiger partial charge in [0, 0.05) is 19.3 Å². The third-order valence-electron chi connectivity index (χ3n) is 3.32. The Morgan fingerprint density at radius 3 is 2.95 bits per heavy atom. The monoisotopic (exact) mass is 286 g/mol. The van der Waals surface area contributed by atoms with Crippen LogP contribution in [0.2, 0.25) is 0 Å². The van der Waals surface area contributed by atoms with Crippen LogP contribution in [0.15, 0.2) is 42.7 Å². The molecule has 0 spiro atoms. The molecule has 0 fully saturated rings. The van der Waals surface area contributed by atoms with Crippen molar-refractivity contribution in [3.05, 3.63) is 48.2 Å². The van der Waals surface area contributed by atoms with E-state index in [0.29, 0.717) is 18.4 Å². The van der Waals surface area contributed by atoms with Gasteiger partial charge in [-0.3, -0.25) is 0 Å². The number of carbonyl (C=O) groups is 1. The van der Waals surface area contributed by atoms with Crippen molar-refractivity contribution in [2.45, 2.75) is 31.0 Å². The molecule has 0 radical (unpaired) electrons. The summed E-state index contributed by atoms with van der Waals surface area (Å²) in [4.78, 5) is 11.8. The van der Waals surface area contributed by atoms with Gasteiger partial charge in [0.05, 0.1) is 18.4 Å². The summed E-state index contributed by atoms with van der Waals surface area (Å²) in [7, 11) is 0. The van der Waals surface area contributed by atoms with E-state index in [1.165, 1.54) is 6.26 Å². The quantitative estimate of drug-likeness (QED) is 0.666. The van der Waals surface area contributed by atoms with Gasteiger partial charge >= 0.3 is 5.97 Å². The second kappa shape index (κ2) is 6.96. The number of hydrogen-bond donors (Lipinski definition) is 1. The summed E-state index contributed by atoms with van der Waals surface area (Å²) in [5.74, 6) is 2.09. The molecule has 0 bridgehead atoms. The fourth-order valence-electron chi connectivity index (χ4n) is 2.21. The molecule has 1 N–H and O–H groups in total. The van der Waals surface area contributed by atoms with Crippen molar-refractivity contribution in [3.63, 3.8) is 0 Å². The lowest BCUT2D eigenvalue weighted by Gasteiger charge is -2.31. The molecule has 0 aromatic heterocycles. The van der Waals surface area contributed by atoms with Gasteiger partial charge in [0.1, 0.15) is 11.7 Å². The Bertz CT molecular complexity index is 544. The number of terminal acetylenes is 1. The minimum absolute atomic E-state index is 0.211. The maximum absolute atomic E-state index is 11.8. The lowest BCUT2D eigenvalue weighted by Crippen LogP contribution is -2.35. The average molecular weight is 286 g/mol. The zero-order chi connectivity index (χ0) is 15.1. The third-order valence-corrected chi connectivity index (χ3v) is 3.32. The van der Waals surface area contributed by atoms with Crippen LogP contribution < -0.4 is 0 Å². The van der Waals surface area contributed by atoms with Crippen molar-refractivity contribution in [1.82, 2.24) is 0 Å². The molecule has 1 aromatic carbocycles. The van der Waals surface area contributed by atoms with Crippen LogP contribution in [-0.4, -0.2) is 29.4 Å². The van der Waals surface area contributed by atoms with E-state index in [2.05, 4.69) is 5.92 Å². The van der Waals surface area contributed by atoms with Crippen molar-refractivity contribution in [1.29, 1.82) is 0 Å². The summed E-state index contributed by atoms with van der Waals surface area (Å²) >= 11 is 0. The summed E-state index contributed by atoms with van der Waals surface area (Å²) in [6, 6.07) is 8.81. The van der Waals surface area contributed by atoms with Gasteiger partial charge in [-0.25, -0.2) is 4.79 Å². The lowest BCUT2D eigenvalue weighted by molar-refractivity contribution is -0.0119. The first-order chi connectivity index (χ1) is 10.1. The summed E-state index contributed by atoms with van der Waals surface area (Å²) in [6.45, 7) is 0.234. The third kappa shape index (κ3) is 4.37. The molecule has 2 atom stereocenters. The average Bonchev–Trinajstić information content (AvgIpc) is 2.48. The van der Waals surface area contributed by atoms with Gasteiger partial charge < -0.3 is 14.6 Å². The van der Waals surface area contributed by atoms with E-state index in [-0.39, 0.29) is 25.1 Å². The van der Waals surface area contributed by atoms with E-state index in [0.717, 1.165) is 0 Å². The molecule has 110 valence electrons. The molecule has 2 rings (SSSR count). The molecule has 1 aromatic rings. The zero-order valence-electron chi connectivity index (χ0n) is 11.7. The van der Waals surface area contributed by atoms with Gasteiger partial charge in [-0.2, -0.15) is 0 Å². The van der Waals surface area contributed by atoms with E-state index < -0.39 is 5.60 Å². The predicted octanol–water partition coefficient (Wildman–Crippen LogP) is 2.29. The number of aliphatic hydroxyl groups is 1. The largest absolute Gasteiger partial charge is 0.498 e. The summed E-state index contributed by atoms with van der Waals surface area (Å²) in [6.07, 6.45) is 9.21. The van der Waals surface area contributed by atoms with Gasteiger partial charge in [-0.1, -0.05) is 18.2 Å². The smallest absolute Gasteiger partial charge is 0.338 e. The van der Waals surface area contributed by atoms with Crippen LogP contribution in [0.3, 0.4) is 0 Å². The summed E-state index contributed by atoms with van der Waals surface area (Å²) < 4.78 is 10.6. The van der Waals surface area contributed by atoms with Gasteiger partial charge in [-0.05, 0) is 18.2 Å². The number of esters is 1. The lowest BCUT2D eigenvalue weighted by atomic mass is 9.90. The van der Waals surface area contributed by atoms with E-state index in [4.69, 9.17) is 15.9 Å². The summed E-state index contributed by atoms with van der Waals surface area (Å²) in [5.41, 5.74) is -0.507. The molecule has 1 aliphatic heterocycles. The van der Waals surface area contributed by atoms with Crippen LogP contribution in [0.25, 0.3) is 0 Å². The molecule has 0 saturated heterocycles. The maximum atomic E-state index is 11.8. The second-order valence-corrected chi connectivity index (χ2v) is 5.04. The highest BCUT2D eigenvalue weighted by Crippen LogP contribution is 2.26. The Morgan fingerprint density at radius 1 is 1.48 bits per heavy atom. The van der Waals surface area contributed by atoms with Crippen LogP contribution in [0.5, 0.6) is 0 Å². The molecule has 1 heterocycles. The van der Waals surface area contributed by atoms with Crippen LogP contribution in [0.1, 0.15) is 29.6 Å². The Balaban J connectivity index is 1.78. The first-order valence-corrected chi connectivity index (χ1v) is 6.84. The van der Waals surface area contributed by atoms with E-state index in [9.17, 15) is 9.90 Å². The highest BCUT2D eigenvalue weighted by Gasteiger charge is 2.31. The molecule has 0 amide bonds. The molecule has 21 heavy (non-hydrogen) atoms. The van der Waals surface area contributed by atoms with E-state index in [1.807, 2.05) is 6.07 Å². The first kappa shape index (κ1) is 15.1. The normalized spacial score (nSPS) is 23.9. The van der Waals surface area contributed by atoms with Crippen LogP contribution >= 0.6 is 0 Å². The molecule has 4 heteroatoms. The van der Waals surface area contributed by atoms with Crippen molar-refractivity contribution in [2.75, 3.05) is 6.61 Å². The SMILES string of the molecule is C#CCC1(O)C=CO[C@@H](CCOC(=O)c2ccccc2)C1. The zero-order valence-corrected chi connectivity index (χ0v) is 11.7. The predicted molar refractivity (Wildman–Crippen MR) is 78.4 cm³/mol. The number of hydrogen-bond acceptors (Lipinski definition) is 4. The Kier molecular flexibility index (Phi) is 5.02. The minimum atomic E-state index is -1.03. The van der Waals surface area contributed by atoms with Crippen LogP contribution in [-0.2, 0) is 9.47 Å². The highest BCUT2D eigenvalue weighted by molar-refractivity contribution is 5.89. The molecule has 0 saturated carbocycles. The summed E-state index contributed by atoms with van der Waals surface area (Å²) in [5, 5.41) is 10.2. The molecular formula is C17H18O4. The number of carbonyl (C=O) groups excluding carboxylic acids is 1. The topological polar surface area (TPSA) is 55.8 Å². The van der Waals surface area contributed by atoms with Crippen LogP contribution in [0.4, 0.5) is 0 Å². The van der Waals surface area contributed by atoms with Gasteiger partial charge in [0.25, 0.3) is 0 Å². The second-order valence-electron chi connectivity index (χ2n) is 5.04. The fourth-order valence-corrected chi connectivity index (χ4v) is 2.21. The van der Waals surface area contributed by atoms with E-state index >= 15 is 0 Å². The molecule has 4 nitrogen and oxygen atoms in total. The number of rotatable bonds is 5. The fraction of sp³-hybridized carbons (Fsp3) is 0.353. The minimum Gasteiger partial charge on any atom is -0.498 e. The van der Waals surface area contributed by atoms with Gasteiger partial charge in [-0.15, -0.1) is 12.3 Å². The van der Waals surface area contributed by atoms with Crippen molar-refractivity contribution in [3.8, 4) is 12.3 Å². The first-order valence-electron chi connectivity index (χ1n) is 6.84. The molecule has 0 aliphatic carbocycles. The van der Waals surface area contributed by atoms with Crippen LogP contribution in [0, 0.1) is 12.3 Å².